The number of rotatable bonds is 12. The first-order valence-electron chi connectivity index (χ1n) is 17.1. The Morgan fingerprint density at radius 1 is 0.380 bits per heavy atom. The quantitative estimate of drug-likeness (QED) is 0.143. The molecule has 50 heavy (non-hydrogen) atoms. The number of hydrogen-bond donors (Lipinski definition) is 1. The van der Waals surface area contributed by atoms with E-state index in [-0.39, 0.29) is 0 Å². The highest BCUT2D eigenvalue weighted by Gasteiger charge is 2.21. The van der Waals surface area contributed by atoms with Gasteiger partial charge < -0.3 is 5.11 Å². The highest BCUT2D eigenvalue weighted by atomic mass is 16.3. The molecule has 8 aromatic rings. The van der Waals surface area contributed by atoms with Gasteiger partial charge in [0.25, 0.3) is 0 Å². The molecule has 1 N–H and O–H groups in total. The van der Waals surface area contributed by atoms with Crippen LogP contribution in [-0.2, 0) is 26.2 Å². The number of aliphatic hydroxyl groups excluding tert-OH is 1. The zero-order valence-corrected chi connectivity index (χ0v) is 27.8. The lowest BCUT2D eigenvalue weighted by Crippen LogP contribution is -2.40. The van der Waals surface area contributed by atoms with Gasteiger partial charge in [0.2, 0.25) is 0 Å². The van der Waals surface area contributed by atoms with Gasteiger partial charge in [0.05, 0.1) is 28.9 Å². The smallest absolute Gasteiger partial charge is 0.0794 e. The second-order valence-electron chi connectivity index (χ2n) is 12.9. The molecule has 0 saturated heterocycles. The summed E-state index contributed by atoms with van der Waals surface area (Å²) >= 11 is 0. The molecule has 0 amide bonds. The third kappa shape index (κ3) is 6.93. The van der Waals surface area contributed by atoms with Crippen LogP contribution in [0, 0.1) is 0 Å². The zero-order valence-electron chi connectivity index (χ0n) is 27.8. The van der Waals surface area contributed by atoms with Crippen molar-refractivity contribution >= 4 is 43.1 Å². The summed E-state index contributed by atoms with van der Waals surface area (Å²) in [5.41, 5.74) is 3.92. The predicted octanol–water partition coefficient (Wildman–Crippen LogP) is 7.94. The Labute approximate surface area is 291 Å². The van der Waals surface area contributed by atoms with Crippen LogP contribution >= 0.6 is 0 Å². The van der Waals surface area contributed by atoms with Crippen molar-refractivity contribution < 1.29 is 5.11 Å². The first-order chi connectivity index (χ1) is 24.7. The molecular weight excluding hydrogens is 617 g/mol. The van der Waals surface area contributed by atoms with Crippen molar-refractivity contribution in [1.29, 1.82) is 0 Å². The first-order valence-corrected chi connectivity index (χ1v) is 17.1. The molecule has 0 unspecified atom stereocenters. The minimum Gasteiger partial charge on any atom is -0.390 e. The maximum absolute atomic E-state index is 12.0. The Balaban J connectivity index is 1.11. The molecule has 0 bridgehead atoms. The fourth-order valence-corrected chi connectivity index (χ4v) is 7.10. The first kappa shape index (κ1) is 31.7. The number of hydrogen-bond acceptors (Lipinski definition) is 7. The Morgan fingerprint density at radius 3 is 0.920 bits per heavy atom. The van der Waals surface area contributed by atoms with E-state index >= 15 is 0 Å². The molecule has 0 atom stereocenters. The van der Waals surface area contributed by atoms with Crippen LogP contribution in [0.5, 0.6) is 0 Å². The van der Waals surface area contributed by atoms with Gasteiger partial charge in [0.1, 0.15) is 0 Å². The highest BCUT2D eigenvalue weighted by molar-refractivity contribution is 5.86. The Morgan fingerprint density at radius 2 is 0.640 bits per heavy atom. The normalized spacial score (nSPS) is 11.9. The van der Waals surface area contributed by atoms with Crippen molar-refractivity contribution in [3.63, 3.8) is 0 Å². The van der Waals surface area contributed by atoms with Crippen molar-refractivity contribution in [2.45, 2.75) is 32.3 Å². The van der Waals surface area contributed by atoms with E-state index < -0.39 is 6.10 Å². The van der Waals surface area contributed by atoms with Gasteiger partial charge in [0, 0.05) is 85.6 Å². The zero-order chi connectivity index (χ0) is 33.7. The van der Waals surface area contributed by atoms with Gasteiger partial charge in [-0.1, -0.05) is 97.1 Å². The summed E-state index contributed by atoms with van der Waals surface area (Å²) in [7, 11) is 0. The second kappa shape index (κ2) is 14.5. The molecule has 4 aromatic carbocycles. The molecule has 0 saturated carbocycles. The Kier molecular flexibility index (Phi) is 9.17. The lowest BCUT2D eigenvalue weighted by Gasteiger charge is -2.29. The standard InChI is InChI=1S/C43H38N6O/c50-35(25-48(27-40-36-13-5-1-9-31(36)17-21-44-40)28-41-37-14-6-2-10-32(37)18-22-45-41)26-49(29-42-38-15-7-3-11-33(38)19-23-46-42)30-43-39-16-8-4-12-34(39)20-24-47-43/h1-24,35,50H,25-30H2. The second-order valence-corrected chi connectivity index (χ2v) is 12.9. The number of pyridine rings is 4. The van der Waals surface area contributed by atoms with E-state index in [9.17, 15) is 5.11 Å². The predicted molar refractivity (Wildman–Crippen MR) is 201 cm³/mol. The third-order valence-electron chi connectivity index (χ3n) is 9.46. The van der Waals surface area contributed by atoms with Gasteiger partial charge in [-0.2, -0.15) is 0 Å². The molecule has 0 fully saturated rings. The largest absolute Gasteiger partial charge is 0.390 e. The molecule has 7 nitrogen and oxygen atoms in total. The highest BCUT2D eigenvalue weighted by Crippen LogP contribution is 2.24. The SMILES string of the molecule is OC(CN(Cc1nccc2ccccc12)Cc1nccc2ccccc12)CN(Cc1nccc2ccccc12)Cc1nccc2ccccc12. The van der Waals surface area contributed by atoms with E-state index in [1.807, 2.05) is 49.1 Å². The van der Waals surface area contributed by atoms with Gasteiger partial charge in [-0.25, -0.2) is 0 Å². The topological polar surface area (TPSA) is 78.3 Å². The monoisotopic (exact) mass is 654 g/mol. The maximum atomic E-state index is 12.0. The molecule has 0 spiro atoms. The summed E-state index contributed by atoms with van der Waals surface area (Å²) in [6, 6.07) is 41.6. The number of aromatic nitrogens is 4. The van der Waals surface area contributed by atoms with Crippen LogP contribution in [0.4, 0.5) is 0 Å². The van der Waals surface area contributed by atoms with Crippen LogP contribution in [0.15, 0.2) is 146 Å². The van der Waals surface area contributed by atoms with E-state index in [4.69, 9.17) is 19.9 Å². The Bertz CT molecular complexity index is 2060. The van der Waals surface area contributed by atoms with Crippen LogP contribution in [0.25, 0.3) is 43.1 Å². The average molecular weight is 655 g/mol. The van der Waals surface area contributed by atoms with Gasteiger partial charge >= 0.3 is 0 Å². The van der Waals surface area contributed by atoms with Gasteiger partial charge in [-0.3, -0.25) is 29.7 Å². The fourth-order valence-electron chi connectivity index (χ4n) is 7.10. The maximum Gasteiger partial charge on any atom is 0.0794 e. The fraction of sp³-hybridized carbons (Fsp3) is 0.163. The summed E-state index contributed by atoms with van der Waals surface area (Å²) in [5.74, 6) is 0. The number of aliphatic hydroxyl groups is 1. The summed E-state index contributed by atoms with van der Waals surface area (Å²) in [4.78, 5) is 23.8. The molecule has 7 heteroatoms. The third-order valence-corrected chi connectivity index (χ3v) is 9.46. The van der Waals surface area contributed by atoms with Gasteiger partial charge in [-0.15, -0.1) is 0 Å². The number of fused-ring (bicyclic) bond motifs is 4. The Hall–Kier alpha value is -5.60. The number of nitrogens with zero attached hydrogens (tertiary/aromatic N) is 6. The van der Waals surface area contributed by atoms with Crippen molar-refractivity contribution in [3.05, 3.63) is 169 Å². The molecule has 4 heterocycles. The van der Waals surface area contributed by atoms with Crippen molar-refractivity contribution in [3.8, 4) is 0 Å². The van der Waals surface area contributed by atoms with Crippen LogP contribution in [0.1, 0.15) is 22.8 Å². The summed E-state index contributed by atoms with van der Waals surface area (Å²) in [6.45, 7) is 3.13. The lowest BCUT2D eigenvalue weighted by molar-refractivity contribution is 0.0621. The molecular formula is C43H38N6O. The molecule has 4 aromatic heterocycles. The van der Waals surface area contributed by atoms with E-state index in [1.165, 1.54) is 0 Å². The minimum atomic E-state index is -0.676. The average Bonchev–Trinajstić information content (AvgIpc) is 3.15. The van der Waals surface area contributed by atoms with Crippen molar-refractivity contribution in [2.75, 3.05) is 13.1 Å². The van der Waals surface area contributed by atoms with E-state index in [2.05, 4.69) is 107 Å². The molecule has 0 aliphatic carbocycles. The van der Waals surface area contributed by atoms with Crippen LogP contribution in [-0.4, -0.2) is 54.0 Å². The number of benzene rings is 4. The molecule has 0 radical (unpaired) electrons. The van der Waals surface area contributed by atoms with Crippen molar-refractivity contribution in [2.24, 2.45) is 0 Å². The molecule has 8 rings (SSSR count). The van der Waals surface area contributed by atoms with Crippen LogP contribution < -0.4 is 0 Å². The summed E-state index contributed by atoms with van der Waals surface area (Å²) < 4.78 is 0. The van der Waals surface area contributed by atoms with E-state index in [0.29, 0.717) is 39.3 Å². The van der Waals surface area contributed by atoms with Crippen LogP contribution in [0.2, 0.25) is 0 Å². The summed E-state index contributed by atoms with van der Waals surface area (Å²) in [6.07, 6.45) is 6.82. The molecule has 0 aliphatic heterocycles. The van der Waals surface area contributed by atoms with Crippen LogP contribution in [0.3, 0.4) is 0 Å². The minimum absolute atomic E-state index is 0.429. The lowest BCUT2D eigenvalue weighted by atomic mass is 10.1. The molecule has 246 valence electrons. The van der Waals surface area contributed by atoms with E-state index in [1.54, 1.807) is 0 Å². The van der Waals surface area contributed by atoms with Crippen molar-refractivity contribution in [1.82, 2.24) is 29.7 Å². The summed E-state index contributed by atoms with van der Waals surface area (Å²) in [5, 5.41) is 21.1. The molecule has 0 aliphatic rings. The van der Waals surface area contributed by atoms with Gasteiger partial charge in [0.15, 0.2) is 0 Å². The van der Waals surface area contributed by atoms with E-state index in [0.717, 1.165) is 65.9 Å². The van der Waals surface area contributed by atoms with Gasteiger partial charge in [-0.05, 0) is 45.8 Å².